The average molecular weight is 320 g/mol. The van der Waals surface area contributed by atoms with Gasteiger partial charge in [-0.15, -0.1) is 0 Å². The molecule has 1 saturated heterocycles. The molecule has 0 saturated carbocycles. The summed E-state index contributed by atoms with van der Waals surface area (Å²) in [4.78, 5) is 4.67. The zero-order valence-corrected chi connectivity index (χ0v) is 13.6. The van der Waals surface area contributed by atoms with E-state index in [9.17, 15) is 8.42 Å². The molecule has 0 bridgehead atoms. The second kappa shape index (κ2) is 5.95. The van der Waals surface area contributed by atoms with Crippen LogP contribution in [0.4, 0.5) is 0 Å². The van der Waals surface area contributed by atoms with Gasteiger partial charge in [-0.3, -0.25) is 4.98 Å². The van der Waals surface area contributed by atoms with Gasteiger partial charge in [-0.1, -0.05) is 13.0 Å². The first-order valence-corrected chi connectivity index (χ1v) is 8.93. The van der Waals surface area contributed by atoms with Gasteiger partial charge in [-0.2, -0.15) is 4.31 Å². The fourth-order valence-electron chi connectivity index (χ4n) is 2.92. The van der Waals surface area contributed by atoms with Crippen LogP contribution in [-0.2, 0) is 14.8 Å². The minimum absolute atomic E-state index is 0.105. The lowest BCUT2D eigenvalue weighted by atomic mass is 10.1. The van der Waals surface area contributed by atoms with Crippen LogP contribution in [-0.4, -0.2) is 43.5 Å². The molecular formula is C16H20N2O3S. The van der Waals surface area contributed by atoms with Crippen LogP contribution in [0.1, 0.15) is 18.9 Å². The fraction of sp³-hybridized carbons (Fsp3) is 0.438. The van der Waals surface area contributed by atoms with Gasteiger partial charge in [0, 0.05) is 24.2 Å². The Hall–Kier alpha value is -1.50. The smallest absolute Gasteiger partial charge is 0.244 e. The average Bonchev–Trinajstić information content (AvgIpc) is 2.55. The van der Waals surface area contributed by atoms with Crippen molar-refractivity contribution < 1.29 is 13.2 Å². The van der Waals surface area contributed by atoms with Crippen molar-refractivity contribution in [3.63, 3.8) is 0 Å². The molecule has 1 unspecified atom stereocenters. The zero-order chi connectivity index (χ0) is 15.7. The maximum Gasteiger partial charge on any atom is 0.244 e. The Morgan fingerprint density at radius 3 is 2.95 bits per heavy atom. The number of fused-ring (bicyclic) bond motifs is 1. The number of nitrogens with zero attached hydrogens (tertiary/aromatic N) is 2. The van der Waals surface area contributed by atoms with Gasteiger partial charge in [0.1, 0.15) is 0 Å². The van der Waals surface area contributed by atoms with Crippen LogP contribution in [0, 0.1) is 6.92 Å². The standard InChI is InChI=1S/C16H20N2O3S/c1-3-13-11-21-10-9-18(13)22(19,20)15-7-6-12(2)16-14(15)5-4-8-17-16/h4-8,13H,3,9-11H2,1-2H3. The van der Waals surface area contributed by atoms with E-state index in [2.05, 4.69) is 4.98 Å². The van der Waals surface area contributed by atoms with Gasteiger partial charge >= 0.3 is 0 Å². The third-order valence-electron chi connectivity index (χ3n) is 4.16. The predicted molar refractivity (Wildman–Crippen MR) is 85.3 cm³/mol. The number of aromatic nitrogens is 1. The van der Waals surface area contributed by atoms with Crippen molar-refractivity contribution in [1.82, 2.24) is 9.29 Å². The quantitative estimate of drug-likeness (QED) is 0.871. The van der Waals surface area contributed by atoms with Crippen LogP contribution in [0.15, 0.2) is 35.4 Å². The molecule has 22 heavy (non-hydrogen) atoms. The zero-order valence-electron chi connectivity index (χ0n) is 12.8. The predicted octanol–water partition coefficient (Wildman–Crippen LogP) is 2.34. The molecule has 1 aromatic heterocycles. The molecule has 0 radical (unpaired) electrons. The lowest BCUT2D eigenvalue weighted by molar-refractivity contribution is 0.0314. The van der Waals surface area contributed by atoms with E-state index in [0.717, 1.165) is 17.5 Å². The summed E-state index contributed by atoms with van der Waals surface area (Å²) in [6, 6.07) is 7.01. The molecule has 1 aliphatic heterocycles. The van der Waals surface area contributed by atoms with E-state index in [0.29, 0.717) is 30.0 Å². The van der Waals surface area contributed by atoms with E-state index in [1.54, 1.807) is 22.6 Å². The van der Waals surface area contributed by atoms with Crippen molar-refractivity contribution >= 4 is 20.9 Å². The Kier molecular flexibility index (Phi) is 4.16. The lowest BCUT2D eigenvalue weighted by Crippen LogP contribution is -2.48. The van der Waals surface area contributed by atoms with Crippen LogP contribution in [0.25, 0.3) is 10.9 Å². The van der Waals surface area contributed by atoms with Gasteiger partial charge in [0.2, 0.25) is 10.0 Å². The van der Waals surface area contributed by atoms with E-state index < -0.39 is 10.0 Å². The summed E-state index contributed by atoms with van der Waals surface area (Å²) in [5.41, 5.74) is 1.72. The Morgan fingerprint density at radius 1 is 1.36 bits per heavy atom. The number of hydrogen-bond acceptors (Lipinski definition) is 4. The van der Waals surface area contributed by atoms with Crippen molar-refractivity contribution in [1.29, 1.82) is 0 Å². The van der Waals surface area contributed by atoms with Gasteiger partial charge < -0.3 is 4.74 Å². The maximum atomic E-state index is 13.1. The van der Waals surface area contributed by atoms with E-state index in [1.165, 1.54) is 0 Å². The first-order chi connectivity index (χ1) is 10.6. The molecule has 0 amide bonds. The number of hydrogen-bond donors (Lipinski definition) is 0. The summed E-state index contributed by atoms with van der Waals surface area (Å²) in [7, 11) is -3.55. The van der Waals surface area contributed by atoms with Gasteiger partial charge in [-0.05, 0) is 37.1 Å². The Labute approximate surface area is 131 Å². The number of ether oxygens (including phenoxy) is 1. The minimum atomic E-state index is -3.55. The maximum absolute atomic E-state index is 13.1. The molecule has 1 aromatic carbocycles. The highest BCUT2D eigenvalue weighted by Crippen LogP contribution is 2.29. The number of pyridine rings is 1. The molecule has 0 aliphatic carbocycles. The van der Waals surface area contributed by atoms with Gasteiger partial charge in [0.05, 0.1) is 23.6 Å². The van der Waals surface area contributed by atoms with Crippen molar-refractivity contribution in [3.8, 4) is 0 Å². The lowest BCUT2D eigenvalue weighted by Gasteiger charge is -2.34. The number of rotatable bonds is 3. The van der Waals surface area contributed by atoms with Crippen LogP contribution < -0.4 is 0 Å². The molecule has 1 atom stereocenters. The second-order valence-corrected chi connectivity index (χ2v) is 7.39. The van der Waals surface area contributed by atoms with E-state index in [1.807, 2.05) is 26.0 Å². The summed E-state index contributed by atoms with van der Waals surface area (Å²) in [5.74, 6) is 0. The molecule has 6 heteroatoms. The Bertz CT molecular complexity index is 789. The highest BCUT2D eigenvalue weighted by Gasteiger charge is 2.34. The van der Waals surface area contributed by atoms with Crippen LogP contribution in [0.3, 0.4) is 0 Å². The normalized spacial score (nSPS) is 20.4. The van der Waals surface area contributed by atoms with Gasteiger partial charge in [0.25, 0.3) is 0 Å². The molecular weight excluding hydrogens is 300 g/mol. The Morgan fingerprint density at radius 2 is 2.18 bits per heavy atom. The monoisotopic (exact) mass is 320 g/mol. The van der Waals surface area contributed by atoms with Crippen LogP contribution >= 0.6 is 0 Å². The highest BCUT2D eigenvalue weighted by atomic mass is 32.2. The first kappa shape index (κ1) is 15.4. The molecule has 1 fully saturated rings. The van der Waals surface area contributed by atoms with Crippen molar-refractivity contribution in [3.05, 3.63) is 36.0 Å². The molecule has 0 N–H and O–H groups in total. The summed E-state index contributed by atoms with van der Waals surface area (Å²) in [6.45, 7) is 5.22. The van der Waals surface area contributed by atoms with Crippen molar-refractivity contribution in [2.24, 2.45) is 0 Å². The minimum Gasteiger partial charge on any atom is -0.378 e. The Balaban J connectivity index is 2.15. The molecule has 1 aliphatic rings. The van der Waals surface area contributed by atoms with Gasteiger partial charge in [0.15, 0.2) is 0 Å². The van der Waals surface area contributed by atoms with Gasteiger partial charge in [-0.25, -0.2) is 8.42 Å². The van der Waals surface area contributed by atoms with Crippen LogP contribution in [0.5, 0.6) is 0 Å². The van der Waals surface area contributed by atoms with E-state index >= 15 is 0 Å². The first-order valence-electron chi connectivity index (χ1n) is 7.49. The van der Waals surface area contributed by atoms with Crippen LogP contribution in [0.2, 0.25) is 0 Å². The topological polar surface area (TPSA) is 59.5 Å². The number of sulfonamides is 1. The number of aryl methyl sites for hydroxylation is 1. The fourth-order valence-corrected chi connectivity index (χ4v) is 4.77. The summed E-state index contributed by atoms with van der Waals surface area (Å²) >= 11 is 0. The van der Waals surface area contributed by atoms with Crippen molar-refractivity contribution in [2.45, 2.75) is 31.2 Å². The van der Waals surface area contributed by atoms with E-state index in [-0.39, 0.29) is 6.04 Å². The summed E-state index contributed by atoms with van der Waals surface area (Å²) in [5, 5.41) is 0.684. The second-order valence-electron chi connectivity index (χ2n) is 5.53. The molecule has 118 valence electrons. The molecule has 2 aromatic rings. The SMILES string of the molecule is CCC1COCCN1S(=O)(=O)c1ccc(C)c2ncccc12. The summed E-state index contributed by atoms with van der Waals surface area (Å²) < 4.78 is 33.2. The molecule has 5 nitrogen and oxygen atoms in total. The largest absolute Gasteiger partial charge is 0.378 e. The third kappa shape index (κ3) is 2.51. The van der Waals surface area contributed by atoms with E-state index in [4.69, 9.17) is 4.74 Å². The molecule has 3 rings (SSSR count). The van der Waals surface area contributed by atoms with Crippen molar-refractivity contribution in [2.75, 3.05) is 19.8 Å². The number of benzene rings is 1. The summed E-state index contributed by atoms with van der Waals surface area (Å²) in [6.07, 6.45) is 2.43. The third-order valence-corrected chi connectivity index (χ3v) is 6.17. The number of morpholine rings is 1. The molecule has 2 heterocycles. The highest BCUT2D eigenvalue weighted by molar-refractivity contribution is 7.89. The molecule has 0 spiro atoms.